The molecule has 0 fully saturated rings. The molecule has 0 N–H and O–H groups in total. The average Bonchev–Trinajstić information content (AvgIpc) is 2.71. The van der Waals surface area contributed by atoms with Gasteiger partial charge in [0.05, 0.1) is 11.8 Å². The van der Waals surface area contributed by atoms with Gasteiger partial charge >= 0.3 is 12.3 Å². The number of fused-ring (bicyclic) bond motifs is 1. The van der Waals surface area contributed by atoms with Crippen LogP contribution < -0.4 is 4.74 Å². The fourth-order valence-corrected chi connectivity index (χ4v) is 2.47. The van der Waals surface area contributed by atoms with E-state index in [0.717, 1.165) is 11.3 Å². The normalized spacial score (nSPS) is 11.6. The van der Waals surface area contributed by atoms with Crippen molar-refractivity contribution >= 4 is 27.4 Å². The molecule has 0 aliphatic carbocycles. The summed E-state index contributed by atoms with van der Waals surface area (Å²) in [5, 5.41) is 0.502. The number of rotatable bonds is 2. The van der Waals surface area contributed by atoms with Gasteiger partial charge in [-0.15, -0.1) is 24.5 Å². The minimum Gasteiger partial charge on any atom is -0.465 e. The Kier molecular flexibility index (Phi) is 3.16. The van der Waals surface area contributed by atoms with Gasteiger partial charge in [-0.25, -0.2) is 4.79 Å². The number of alkyl halides is 3. The van der Waals surface area contributed by atoms with Crippen molar-refractivity contribution in [2.45, 2.75) is 6.36 Å². The van der Waals surface area contributed by atoms with Gasteiger partial charge in [0.2, 0.25) is 0 Å². The van der Waals surface area contributed by atoms with E-state index in [4.69, 9.17) is 0 Å². The highest BCUT2D eigenvalue weighted by Crippen LogP contribution is 2.36. The smallest absolute Gasteiger partial charge is 0.465 e. The molecule has 0 amide bonds. The topological polar surface area (TPSA) is 35.5 Å². The van der Waals surface area contributed by atoms with Crippen LogP contribution in [0.4, 0.5) is 13.2 Å². The third-order valence-corrected chi connectivity index (χ3v) is 3.27. The molecule has 0 unspecified atom stereocenters. The lowest BCUT2D eigenvalue weighted by molar-refractivity contribution is -0.274. The molecule has 1 aromatic heterocycles. The van der Waals surface area contributed by atoms with Gasteiger partial charge in [-0.2, -0.15) is 0 Å². The van der Waals surface area contributed by atoms with Crippen molar-refractivity contribution in [2.24, 2.45) is 0 Å². The molecule has 2 aromatic rings. The van der Waals surface area contributed by atoms with Crippen molar-refractivity contribution in [3.63, 3.8) is 0 Å². The highest BCUT2D eigenvalue weighted by molar-refractivity contribution is 7.21. The van der Waals surface area contributed by atoms with Gasteiger partial charge < -0.3 is 9.47 Å². The number of thiophene rings is 1. The zero-order valence-corrected chi connectivity index (χ0v) is 9.89. The summed E-state index contributed by atoms with van der Waals surface area (Å²) in [5.41, 5.74) is 0. The van der Waals surface area contributed by atoms with Gasteiger partial charge in [0, 0.05) is 0 Å². The summed E-state index contributed by atoms with van der Waals surface area (Å²) in [6.07, 6.45) is -4.76. The molecule has 18 heavy (non-hydrogen) atoms. The quantitative estimate of drug-likeness (QED) is 0.786. The fraction of sp³-hybridized carbons (Fsp3) is 0.182. The molecule has 0 bridgehead atoms. The van der Waals surface area contributed by atoms with E-state index in [-0.39, 0.29) is 15.3 Å². The van der Waals surface area contributed by atoms with E-state index in [1.165, 1.54) is 25.3 Å². The lowest BCUT2D eigenvalue weighted by atomic mass is 10.2. The average molecular weight is 276 g/mol. The molecular formula is C11H7F3O3S. The first-order chi connectivity index (χ1) is 8.40. The standard InChI is InChI=1S/C11H7F3O3S/c1-16-10(15)8-5-6-3-2-4-7(9(6)18-8)17-11(12,13)14/h2-5H,1H3. The van der Waals surface area contributed by atoms with Crippen LogP contribution in [0.1, 0.15) is 9.67 Å². The molecule has 2 rings (SSSR count). The second-order valence-electron chi connectivity index (χ2n) is 3.32. The maximum absolute atomic E-state index is 12.2. The number of hydrogen-bond donors (Lipinski definition) is 0. The number of halogens is 3. The molecule has 3 nitrogen and oxygen atoms in total. The molecule has 1 aromatic carbocycles. The number of esters is 1. The van der Waals surface area contributed by atoms with Crippen molar-refractivity contribution in [1.29, 1.82) is 0 Å². The minimum atomic E-state index is -4.76. The highest BCUT2D eigenvalue weighted by Gasteiger charge is 2.32. The summed E-state index contributed by atoms with van der Waals surface area (Å²) in [7, 11) is 1.21. The number of carbonyl (C=O) groups excluding carboxylic acids is 1. The van der Waals surface area contributed by atoms with Gasteiger partial charge in [0.25, 0.3) is 0 Å². The molecule has 1 heterocycles. The third kappa shape index (κ3) is 2.56. The van der Waals surface area contributed by atoms with Crippen LogP contribution in [-0.4, -0.2) is 19.4 Å². The van der Waals surface area contributed by atoms with Crippen molar-refractivity contribution < 1.29 is 27.4 Å². The molecule has 0 aliphatic heterocycles. The summed E-state index contributed by atoms with van der Waals surface area (Å²) in [6, 6.07) is 5.70. The maximum atomic E-state index is 12.2. The Balaban J connectivity index is 2.49. The largest absolute Gasteiger partial charge is 0.573 e. The van der Waals surface area contributed by atoms with Crippen molar-refractivity contribution in [3.05, 3.63) is 29.1 Å². The Morgan fingerprint density at radius 1 is 1.33 bits per heavy atom. The molecule has 0 spiro atoms. The second kappa shape index (κ2) is 4.49. The van der Waals surface area contributed by atoms with E-state index in [9.17, 15) is 18.0 Å². The monoisotopic (exact) mass is 276 g/mol. The Hall–Kier alpha value is -1.76. The Bertz CT molecular complexity index is 589. The van der Waals surface area contributed by atoms with Gasteiger partial charge in [-0.05, 0) is 17.5 Å². The van der Waals surface area contributed by atoms with E-state index >= 15 is 0 Å². The van der Waals surface area contributed by atoms with Gasteiger partial charge in [0.1, 0.15) is 10.6 Å². The lowest BCUT2D eigenvalue weighted by Crippen LogP contribution is -2.17. The first kappa shape index (κ1) is 12.7. The van der Waals surface area contributed by atoms with E-state index in [1.54, 1.807) is 6.07 Å². The summed E-state index contributed by atoms with van der Waals surface area (Å²) >= 11 is 0.898. The van der Waals surface area contributed by atoms with Gasteiger partial charge in [-0.3, -0.25) is 0 Å². The molecule has 0 radical (unpaired) electrons. The Labute approximate surface area is 104 Å². The van der Waals surface area contributed by atoms with Crippen LogP contribution in [0.2, 0.25) is 0 Å². The zero-order valence-electron chi connectivity index (χ0n) is 9.08. The number of carbonyl (C=O) groups is 1. The van der Waals surface area contributed by atoms with Crippen molar-refractivity contribution in [3.8, 4) is 5.75 Å². The maximum Gasteiger partial charge on any atom is 0.573 e. The molecule has 0 aliphatic rings. The van der Waals surface area contributed by atoms with E-state index < -0.39 is 12.3 Å². The summed E-state index contributed by atoms with van der Waals surface area (Å²) in [4.78, 5) is 11.5. The molecule has 0 saturated heterocycles. The third-order valence-electron chi connectivity index (χ3n) is 2.12. The summed E-state index contributed by atoms with van der Waals surface area (Å²) in [6.45, 7) is 0. The molecule has 0 saturated carbocycles. The highest BCUT2D eigenvalue weighted by atomic mass is 32.1. The molecule has 96 valence electrons. The van der Waals surface area contributed by atoms with Crippen molar-refractivity contribution in [2.75, 3.05) is 7.11 Å². The first-order valence-corrected chi connectivity index (χ1v) is 5.59. The van der Waals surface area contributed by atoms with Crippen LogP contribution in [0.5, 0.6) is 5.75 Å². The summed E-state index contributed by atoms with van der Waals surface area (Å²) < 4.78 is 45.2. The van der Waals surface area contributed by atoms with Crippen LogP contribution >= 0.6 is 11.3 Å². The van der Waals surface area contributed by atoms with E-state index in [0.29, 0.717) is 5.39 Å². The first-order valence-electron chi connectivity index (χ1n) is 4.77. The number of benzene rings is 1. The van der Waals surface area contributed by atoms with Crippen LogP contribution in [-0.2, 0) is 4.74 Å². The Morgan fingerprint density at radius 2 is 2.06 bits per heavy atom. The number of ether oxygens (including phenoxy) is 2. The van der Waals surface area contributed by atoms with Gasteiger partial charge in [-0.1, -0.05) is 12.1 Å². The zero-order chi connectivity index (χ0) is 13.3. The van der Waals surface area contributed by atoms with Crippen LogP contribution in [0, 0.1) is 0 Å². The molecule has 7 heteroatoms. The van der Waals surface area contributed by atoms with Crippen LogP contribution in [0.3, 0.4) is 0 Å². The fourth-order valence-electron chi connectivity index (χ4n) is 1.44. The SMILES string of the molecule is COC(=O)c1cc2cccc(OC(F)(F)F)c2s1. The minimum absolute atomic E-state index is 0.228. The van der Waals surface area contributed by atoms with Crippen LogP contribution in [0.25, 0.3) is 10.1 Å². The molecular weight excluding hydrogens is 269 g/mol. The van der Waals surface area contributed by atoms with Gasteiger partial charge in [0.15, 0.2) is 0 Å². The van der Waals surface area contributed by atoms with E-state index in [1.807, 2.05) is 0 Å². The number of hydrogen-bond acceptors (Lipinski definition) is 4. The molecule has 0 atom stereocenters. The second-order valence-corrected chi connectivity index (χ2v) is 4.38. The van der Waals surface area contributed by atoms with E-state index in [2.05, 4.69) is 9.47 Å². The predicted molar refractivity (Wildman–Crippen MR) is 59.8 cm³/mol. The predicted octanol–water partition coefficient (Wildman–Crippen LogP) is 3.59. The van der Waals surface area contributed by atoms with Crippen LogP contribution in [0.15, 0.2) is 24.3 Å². The lowest BCUT2D eigenvalue weighted by Gasteiger charge is -2.08. The van der Waals surface area contributed by atoms with Crippen molar-refractivity contribution in [1.82, 2.24) is 0 Å². The summed E-state index contributed by atoms with van der Waals surface area (Å²) in [5.74, 6) is -0.908. The number of methoxy groups -OCH3 is 1. The Morgan fingerprint density at radius 3 is 2.67 bits per heavy atom.